The first-order valence-electron chi connectivity index (χ1n) is 4.04. The van der Waals surface area contributed by atoms with Crippen molar-refractivity contribution in [2.75, 3.05) is 13.7 Å². The number of nitrogens with one attached hydrogen (secondary N) is 1. The standard InChI is InChI=1S/C5H11N.C3H8O/c1-4-3-5(4)6-2;1-2-3-4/h4-6H,3H2,1-2H3;4H,2-3H2,1H3. The fraction of sp³-hybridized carbons (Fsp3) is 1.00. The Hall–Kier alpha value is -0.0800. The third-order valence-electron chi connectivity index (χ3n) is 1.70. The van der Waals surface area contributed by atoms with Crippen molar-refractivity contribution < 1.29 is 5.11 Å². The van der Waals surface area contributed by atoms with E-state index in [0.29, 0.717) is 6.61 Å². The summed E-state index contributed by atoms with van der Waals surface area (Å²) in [5.74, 6) is 0.954. The predicted molar refractivity (Wildman–Crippen MR) is 44.0 cm³/mol. The maximum atomic E-state index is 7.88. The molecular weight excluding hydrogens is 126 g/mol. The van der Waals surface area contributed by atoms with Gasteiger partial charge in [-0.25, -0.2) is 0 Å². The lowest BCUT2D eigenvalue weighted by Gasteiger charge is -1.84. The van der Waals surface area contributed by atoms with E-state index in [1.165, 1.54) is 6.42 Å². The molecule has 2 atom stereocenters. The molecule has 2 N–H and O–H groups in total. The van der Waals surface area contributed by atoms with Crippen molar-refractivity contribution in [1.29, 1.82) is 0 Å². The molecule has 0 amide bonds. The maximum Gasteiger partial charge on any atom is 0.0428 e. The van der Waals surface area contributed by atoms with Gasteiger partial charge in [-0.1, -0.05) is 13.8 Å². The number of hydrogen-bond donors (Lipinski definition) is 2. The van der Waals surface area contributed by atoms with Crippen molar-refractivity contribution >= 4 is 0 Å². The molecule has 0 bridgehead atoms. The molecule has 0 aromatic carbocycles. The molecule has 1 fully saturated rings. The van der Waals surface area contributed by atoms with Crippen LogP contribution >= 0.6 is 0 Å². The molecule has 0 heterocycles. The van der Waals surface area contributed by atoms with E-state index in [9.17, 15) is 0 Å². The summed E-state index contributed by atoms with van der Waals surface area (Å²) in [4.78, 5) is 0. The van der Waals surface area contributed by atoms with E-state index in [4.69, 9.17) is 5.11 Å². The molecule has 0 radical (unpaired) electrons. The van der Waals surface area contributed by atoms with Crippen LogP contribution in [0.3, 0.4) is 0 Å². The molecule has 0 aliphatic heterocycles. The number of aliphatic hydroxyl groups excluding tert-OH is 1. The summed E-state index contributed by atoms with van der Waals surface area (Å²) < 4.78 is 0. The van der Waals surface area contributed by atoms with Crippen LogP contribution < -0.4 is 5.32 Å². The molecule has 1 aliphatic rings. The minimum absolute atomic E-state index is 0.319. The molecule has 0 saturated heterocycles. The van der Waals surface area contributed by atoms with Crippen LogP contribution in [0.1, 0.15) is 26.7 Å². The van der Waals surface area contributed by atoms with Crippen LogP contribution in [0, 0.1) is 5.92 Å². The van der Waals surface area contributed by atoms with Crippen LogP contribution in [0.5, 0.6) is 0 Å². The molecule has 2 heteroatoms. The van der Waals surface area contributed by atoms with E-state index in [1.807, 2.05) is 14.0 Å². The van der Waals surface area contributed by atoms with Crippen LogP contribution in [-0.2, 0) is 0 Å². The van der Waals surface area contributed by atoms with Crippen molar-refractivity contribution in [2.45, 2.75) is 32.7 Å². The van der Waals surface area contributed by atoms with Crippen molar-refractivity contribution in [1.82, 2.24) is 5.32 Å². The highest BCUT2D eigenvalue weighted by Gasteiger charge is 2.29. The number of rotatable bonds is 2. The maximum absolute atomic E-state index is 7.88. The van der Waals surface area contributed by atoms with Gasteiger partial charge in [0.15, 0.2) is 0 Å². The molecule has 0 aromatic heterocycles. The summed E-state index contributed by atoms with van der Waals surface area (Å²) in [6.07, 6.45) is 2.26. The van der Waals surface area contributed by atoms with E-state index < -0.39 is 0 Å². The van der Waals surface area contributed by atoms with Gasteiger partial charge in [-0.15, -0.1) is 0 Å². The average Bonchev–Trinajstić information content (AvgIpc) is 2.67. The largest absolute Gasteiger partial charge is 0.396 e. The van der Waals surface area contributed by atoms with Crippen LogP contribution in [0.15, 0.2) is 0 Å². The summed E-state index contributed by atoms with van der Waals surface area (Å²) in [5, 5.41) is 11.1. The van der Waals surface area contributed by atoms with Gasteiger partial charge < -0.3 is 10.4 Å². The summed E-state index contributed by atoms with van der Waals surface area (Å²) >= 11 is 0. The van der Waals surface area contributed by atoms with Gasteiger partial charge in [0, 0.05) is 12.6 Å². The smallest absolute Gasteiger partial charge is 0.0428 e. The SMILES string of the molecule is CCCO.CNC1CC1C. The van der Waals surface area contributed by atoms with Gasteiger partial charge in [0.1, 0.15) is 0 Å². The second-order valence-electron chi connectivity index (χ2n) is 2.83. The molecule has 0 aromatic rings. The Morgan fingerprint density at radius 2 is 2.00 bits per heavy atom. The monoisotopic (exact) mass is 145 g/mol. The first-order chi connectivity index (χ1) is 4.76. The Bertz CT molecular complexity index is 71.7. The number of hydrogen-bond acceptors (Lipinski definition) is 2. The Kier molecular flexibility index (Phi) is 5.64. The van der Waals surface area contributed by atoms with Crippen LogP contribution in [0.25, 0.3) is 0 Å². The van der Waals surface area contributed by atoms with E-state index in [-0.39, 0.29) is 0 Å². The second-order valence-corrected chi connectivity index (χ2v) is 2.83. The summed E-state index contributed by atoms with van der Waals surface area (Å²) in [5.41, 5.74) is 0. The Balaban J connectivity index is 0.000000180. The van der Waals surface area contributed by atoms with Crippen LogP contribution in [0.4, 0.5) is 0 Å². The van der Waals surface area contributed by atoms with Crippen LogP contribution in [0.2, 0.25) is 0 Å². The zero-order chi connectivity index (χ0) is 7.98. The third-order valence-corrected chi connectivity index (χ3v) is 1.70. The zero-order valence-corrected chi connectivity index (χ0v) is 7.22. The Morgan fingerprint density at radius 3 is 2.00 bits per heavy atom. The molecule has 1 rings (SSSR count). The van der Waals surface area contributed by atoms with E-state index in [2.05, 4.69) is 12.2 Å². The van der Waals surface area contributed by atoms with Gasteiger partial charge in [-0.05, 0) is 25.8 Å². The normalized spacial score (nSPS) is 28.8. The first kappa shape index (κ1) is 9.92. The molecular formula is C8H19NO. The van der Waals surface area contributed by atoms with Gasteiger partial charge in [-0.2, -0.15) is 0 Å². The van der Waals surface area contributed by atoms with Crippen molar-refractivity contribution in [3.05, 3.63) is 0 Å². The molecule has 0 spiro atoms. The third kappa shape index (κ3) is 4.77. The zero-order valence-electron chi connectivity index (χ0n) is 7.22. The molecule has 1 aliphatic carbocycles. The predicted octanol–water partition coefficient (Wildman–Crippen LogP) is 1.00. The number of aliphatic hydroxyl groups is 1. The highest BCUT2D eigenvalue weighted by Crippen LogP contribution is 2.27. The Labute approximate surface area is 63.6 Å². The lowest BCUT2D eigenvalue weighted by Crippen LogP contribution is -2.09. The molecule has 2 unspecified atom stereocenters. The molecule has 10 heavy (non-hydrogen) atoms. The second kappa shape index (κ2) is 5.69. The fourth-order valence-electron chi connectivity index (χ4n) is 0.724. The van der Waals surface area contributed by atoms with Gasteiger partial charge in [0.2, 0.25) is 0 Å². The minimum atomic E-state index is 0.319. The van der Waals surface area contributed by atoms with E-state index >= 15 is 0 Å². The van der Waals surface area contributed by atoms with Gasteiger partial charge in [0.05, 0.1) is 0 Å². The highest BCUT2D eigenvalue weighted by atomic mass is 16.2. The van der Waals surface area contributed by atoms with E-state index in [0.717, 1.165) is 18.4 Å². The van der Waals surface area contributed by atoms with E-state index in [1.54, 1.807) is 0 Å². The fourth-order valence-corrected chi connectivity index (χ4v) is 0.724. The van der Waals surface area contributed by atoms with Crippen molar-refractivity contribution in [3.63, 3.8) is 0 Å². The summed E-state index contributed by atoms with van der Waals surface area (Å²) in [6.45, 7) is 4.52. The van der Waals surface area contributed by atoms with Crippen LogP contribution in [-0.4, -0.2) is 24.8 Å². The van der Waals surface area contributed by atoms with Gasteiger partial charge >= 0.3 is 0 Å². The lowest BCUT2D eigenvalue weighted by atomic mass is 10.5. The minimum Gasteiger partial charge on any atom is -0.396 e. The molecule has 62 valence electrons. The molecule has 2 nitrogen and oxygen atoms in total. The Morgan fingerprint density at radius 1 is 1.60 bits per heavy atom. The van der Waals surface area contributed by atoms with Gasteiger partial charge in [-0.3, -0.25) is 0 Å². The first-order valence-corrected chi connectivity index (χ1v) is 4.04. The highest BCUT2D eigenvalue weighted by molar-refractivity contribution is 4.87. The molecule has 1 saturated carbocycles. The van der Waals surface area contributed by atoms with Gasteiger partial charge in [0.25, 0.3) is 0 Å². The average molecular weight is 145 g/mol. The van der Waals surface area contributed by atoms with Crippen molar-refractivity contribution in [3.8, 4) is 0 Å². The topological polar surface area (TPSA) is 32.3 Å². The lowest BCUT2D eigenvalue weighted by molar-refractivity contribution is 0.295. The summed E-state index contributed by atoms with van der Waals surface area (Å²) in [6, 6.07) is 0.852. The summed E-state index contributed by atoms with van der Waals surface area (Å²) in [7, 11) is 2.02. The van der Waals surface area contributed by atoms with Crippen molar-refractivity contribution in [2.24, 2.45) is 5.92 Å². The quantitative estimate of drug-likeness (QED) is 0.607.